The summed E-state index contributed by atoms with van der Waals surface area (Å²) in [5.74, 6) is -3.57. The molecule has 1 amide bonds. The molecule has 9 N–H and O–H groups in total. The second-order valence-corrected chi connectivity index (χ2v) is 32.9. The normalized spacial score (nSPS) is 10.3. The monoisotopic (exact) mass is 2180 g/mol. The lowest BCUT2D eigenvalue weighted by Gasteiger charge is -2.14. The number of rotatable bonds is 23. The average Bonchev–Trinajstić information content (AvgIpc) is 1.64. The van der Waals surface area contributed by atoms with Crippen LogP contribution in [0, 0.1) is 13.8 Å². The Kier molecular flexibility index (Phi) is 50.2. The molecule has 0 atom stereocenters. The van der Waals surface area contributed by atoms with Crippen molar-refractivity contribution < 1.29 is 134 Å². The van der Waals surface area contributed by atoms with E-state index in [1.54, 1.807) is 68.6 Å². The van der Waals surface area contributed by atoms with Gasteiger partial charge in [-0.1, -0.05) is 126 Å². The van der Waals surface area contributed by atoms with Gasteiger partial charge in [-0.3, -0.25) is 10.1 Å². The van der Waals surface area contributed by atoms with Crippen molar-refractivity contribution in [3.8, 4) is 46.0 Å². The quantitative estimate of drug-likeness (QED) is 0.00969. The second kappa shape index (κ2) is 57.0. The van der Waals surface area contributed by atoms with E-state index in [1.165, 1.54) is 153 Å². The number of ether oxygens (including phenoxy) is 12. The molecule has 0 saturated heterocycles. The maximum atomic E-state index is 12.6. The molecule has 11 aromatic rings. The van der Waals surface area contributed by atoms with Crippen LogP contribution in [0.3, 0.4) is 0 Å². The Morgan fingerprint density at radius 2 is 0.915 bits per heavy atom. The molecule has 0 unspecified atom stereocenters. The molecule has 2 heterocycles. The summed E-state index contributed by atoms with van der Waals surface area (Å²) in [6, 6.07) is 32.7. The SMILES string of the molecule is CB(O)O.CN(C)Cc1cc(Cl)cc(C(=O)Nc2nc3ccc(OC(F)(F)F)cc3s2)c1O.COC(=O)c1cc(Cl)cc(Br)c1OC.COC(=O)c1cc(Cl)cc(C)c1OC.COC(=O)c1cc(Cl)cc(CBr)c1OC.COCCOCc1cc(Cl)cc(C(=O)O)c1OC.COc1c(Br)cc(Cl)cc1C(=O)O.COc1ccc(Cl)cc1C(=O)O.Cc1ccc2nc(N)sc2c1. The van der Waals surface area contributed by atoms with Gasteiger partial charge in [-0.25, -0.2) is 38.7 Å². The number of fused-ring (bicyclic) bond motifs is 2. The van der Waals surface area contributed by atoms with Gasteiger partial charge in [-0.05, 0) is 193 Å². The molecule has 9 aromatic carbocycles. The van der Waals surface area contributed by atoms with Crippen molar-refractivity contribution in [1.82, 2.24) is 14.9 Å². The van der Waals surface area contributed by atoms with Gasteiger partial charge in [-0.2, -0.15) is 0 Å². The zero-order valence-corrected chi connectivity index (χ0v) is 83.0. The van der Waals surface area contributed by atoms with Crippen LogP contribution >= 0.6 is 152 Å². The number of aromatic nitrogens is 2. The number of aromatic hydroxyl groups is 1. The topological polar surface area (TPSA) is 419 Å². The third kappa shape index (κ3) is 37.6. The highest BCUT2D eigenvalue weighted by Gasteiger charge is 2.32. The van der Waals surface area contributed by atoms with E-state index < -0.39 is 55.2 Å². The molecule has 702 valence electrons. The van der Waals surface area contributed by atoms with Crippen LogP contribution in [0.5, 0.6) is 46.0 Å². The van der Waals surface area contributed by atoms with Crippen molar-refractivity contribution in [3.05, 3.63) is 238 Å². The number of nitrogens with one attached hydrogen (secondary N) is 1. The first-order chi connectivity index (χ1) is 61.1. The standard InChI is InChI=1S/C18H15ClF3N3O3S.C12H15ClO5.C10H10BrClO3.C10H11ClO3.C9H8BrClO3.C8H6BrClO3.C8H7ClO3.C8H8N2S.CH5BO2/c1-25(2)8-9-5-10(19)6-12(15(9)26)16(27)24-17-23-13-4-3-11(7-14(13)29-17)28-18(20,21)22;1-16-3-4-18-7-8-5-9(13)6-10(12(14)15)11(8)17-2;1-14-9-6(5-11)3-7(12)4-8(9)10(13)15-2;1-6-4-7(11)5-8(9(6)13-2)10(12)14-3;1-13-8-6(9(12)14-2)3-5(11)4-7(8)10;1-13-7-5(8(11)12)2-4(10)3-6(7)9;1-12-7-3-2-5(9)4-6(7)8(10)11;1-5-2-3-6-7(4-5)11-8(9)10-6;1-2(3)4/h3-7,26H,8H2,1-2H3,(H,23,24,27);5-6H,3-4,7H2,1-2H3,(H,14,15);3-4H,5H2,1-2H3;4-5H,1-3H3;3-4H,1-2H3;2-3H,1H3,(H,11,12);2-4H,1H3,(H,10,11);2-4H,1H3,(H2,9,10);3-4H,1H3. The molecular formula is C84H85BBr3Cl7F3N5O25S2. The fourth-order valence-electron chi connectivity index (χ4n) is 10.5. The Balaban J connectivity index is 0.000000388. The number of esters is 3. The number of halogens is 13. The van der Waals surface area contributed by atoms with Crippen molar-refractivity contribution in [2.45, 2.75) is 45.5 Å². The first-order valence-electron chi connectivity index (χ1n) is 36.3. The molecule has 46 heteroatoms. The van der Waals surface area contributed by atoms with Crippen molar-refractivity contribution in [1.29, 1.82) is 0 Å². The number of nitrogen functional groups attached to an aromatic ring is 1. The Morgan fingerprint density at radius 3 is 1.38 bits per heavy atom. The van der Waals surface area contributed by atoms with Gasteiger partial charge in [0.25, 0.3) is 5.91 Å². The fraction of sp³-hybridized carbons (Fsp3) is 0.250. The number of aromatic carboxylic acids is 3. The minimum absolute atomic E-state index is 0.0235. The molecule has 0 saturated carbocycles. The minimum Gasteiger partial charge on any atom is -0.507 e. The van der Waals surface area contributed by atoms with E-state index in [1.807, 2.05) is 19.1 Å². The van der Waals surface area contributed by atoms with Gasteiger partial charge in [0.15, 0.2) is 10.3 Å². The number of carboxylic acid groups (broad SMARTS) is 3. The number of alkyl halides is 4. The number of carbonyl (C=O) groups is 7. The van der Waals surface area contributed by atoms with E-state index in [0.29, 0.717) is 130 Å². The number of amides is 1. The van der Waals surface area contributed by atoms with Crippen LogP contribution in [0.2, 0.25) is 42.0 Å². The summed E-state index contributed by atoms with van der Waals surface area (Å²) in [6.07, 6.45) is -4.80. The van der Waals surface area contributed by atoms with E-state index in [9.17, 15) is 51.8 Å². The molecule has 0 aliphatic rings. The molecule has 11 rings (SSSR count). The zero-order valence-electron chi connectivity index (χ0n) is 71.3. The van der Waals surface area contributed by atoms with Crippen molar-refractivity contribution in [2.75, 3.05) is 109 Å². The number of hydrogen-bond acceptors (Lipinski definition) is 28. The van der Waals surface area contributed by atoms with Gasteiger partial charge < -0.3 is 98.0 Å². The van der Waals surface area contributed by atoms with Gasteiger partial charge in [0.05, 0.1) is 119 Å². The van der Waals surface area contributed by atoms with Crippen molar-refractivity contribution in [2.24, 2.45) is 0 Å². The van der Waals surface area contributed by atoms with E-state index >= 15 is 0 Å². The number of carbonyl (C=O) groups excluding carboxylic acids is 4. The van der Waals surface area contributed by atoms with Gasteiger partial charge in [0.2, 0.25) is 0 Å². The van der Waals surface area contributed by atoms with Crippen LogP contribution in [0.15, 0.2) is 136 Å². The predicted octanol–water partition coefficient (Wildman–Crippen LogP) is 21.6. The lowest BCUT2D eigenvalue weighted by molar-refractivity contribution is -0.274. The smallest absolute Gasteiger partial charge is 0.507 e. The van der Waals surface area contributed by atoms with Crippen molar-refractivity contribution in [3.63, 3.8) is 0 Å². The van der Waals surface area contributed by atoms with Crippen molar-refractivity contribution >= 4 is 231 Å². The first-order valence-corrected chi connectivity index (χ1v) is 43.3. The summed E-state index contributed by atoms with van der Waals surface area (Å²) >= 11 is 52.9. The molecule has 0 aliphatic heterocycles. The van der Waals surface area contributed by atoms with Crippen LogP contribution in [-0.4, -0.2) is 199 Å². The summed E-state index contributed by atoms with van der Waals surface area (Å²) < 4.78 is 97.8. The van der Waals surface area contributed by atoms with Crippen LogP contribution in [0.1, 0.15) is 100 Å². The lowest BCUT2D eigenvalue weighted by atomic mass is 9.99. The number of phenols is 1. The molecule has 0 fully saturated rings. The number of nitrogens with zero attached hydrogens (tertiary/aromatic N) is 3. The summed E-state index contributed by atoms with van der Waals surface area (Å²) in [6.45, 7) is 6.62. The zero-order chi connectivity index (χ0) is 98.3. The number of thiazole rings is 2. The number of aryl methyl sites for hydroxylation is 2. The number of methoxy groups -OCH3 is 10. The summed E-state index contributed by atoms with van der Waals surface area (Å²) in [5.41, 5.74) is 12.0. The Hall–Kier alpha value is -9.63. The Labute approximate surface area is 812 Å². The van der Waals surface area contributed by atoms with E-state index in [4.69, 9.17) is 150 Å². The van der Waals surface area contributed by atoms with E-state index in [-0.39, 0.29) is 62.0 Å². The molecule has 0 bridgehead atoms. The van der Waals surface area contributed by atoms with Gasteiger partial charge in [-0.15, -0.1) is 13.2 Å². The molecule has 0 spiro atoms. The number of hydrogen-bond donors (Lipinski definition) is 8. The summed E-state index contributed by atoms with van der Waals surface area (Å²) in [4.78, 5) is 89.2. The highest BCUT2D eigenvalue weighted by Crippen LogP contribution is 2.39. The molecule has 0 aliphatic carbocycles. The molecule has 2 aromatic heterocycles. The molecule has 30 nitrogen and oxygen atoms in total. The van der Waals surface area contributed by atoms with Crippen LogP contribution < -0.4 is 44.2 Å². The first kappa shape index (κ1) is 115. The highest BCUT2D eigenvalue weighted by atomic mass is 79.9. The largest absolute Gasteiger partial charge is 0.573 e. The summed E-state index contributed by atoms with van der Waals surface area (Å²) in [5, 5.41) is 58.8. The molecule has 0 radical (unpaired) electrons. The summed E-state index contributed by atoms with van der Waals surface area (Å²) in [7, 11) is 16.7. The molecular weight excluding hydrogens is 2100 g/mol. The lowest BCUT2D eigenvalue weighted by Crippen LogP contribution is -2.16. The highest BCUT2D eigenvalue weighted by molar-refractivity contribution is 9.11. The van der Waals surface area contributed by atoms with E-state index in [2.05, 4.69) is 95.0 Å². The number of phenolic OH excluding ortho intramolecular Hbond substituents is 1. The van der Waals surface area contributed by atoms with Gasteiger partial charge in [0, 0.05) is 76.9 Å². The second-order valence-electron chi connectivity index (χ2n) is 25.5. The average molecular weight is 2180 g/mol. The van der Waals surface area contributed by atoms with Crippen LogP contribution in [0.4, 0.5) is 23.4 Å². The van der Waals surface area contributed by atoms with Gasteiger partial charge in [0.1, 0.15) is 79.4 Å². The Bertz CT molecular complexity index is 5640. The van der Waals surface area contributed by atoms with E-state index in [0.717, 1.165) is 34.0 Å². The third-order valence-electron chi connectivity index (χ3n) is 15.7. The number of anilines is 2. The number of benzene rings is 9. The maximum Gasteiger partial charge on any atom is 0.573 e. The molecule has 130 heavy (non-hydrogen) atoms. The van der Waals surface area contributed by atoms with Crippen LogP contribution in [0.25, 0.3) is 20.4 Å². The fourth-order valence-corrected chi connectivity index (χ4v) is 15.7. The number of nitrogens with two attached hydrogens (primary N) is 1. The minimum atomic E-state index is -4.80. The van der Waals surface area contributed by atoms with Crippen LogP contribution in [-0.2, 0) is 42.2 Å². The Morgan fingerprint density at radius 1 is 0.500 bits per heavy atom. The predicted molar refractivity (Wildman–Crippen MR) is 507 cm³/mol. The number of carboxylic acids is 3. The van der Waals surface area contributed by atoms with Gasteiger partial charge >= 0.3 is 49.3 Å². The maximum absolute atomic E-state index is 12.6. The third-order valence-corrected chi connectivity index (χ3v) is 20.8.